The van der Waals surface area contributed by atoms with Crippen LogP contribution >= 0.6 is 23.2 Å². The molecule has 0 aliphatic carbocycles. The maximum absolute atomic E-state index is 13.8. The summed E-state index contributed by atoms with van der Waals surface area (Å²) in [4.78, 5) is 4.30. The Labute approximate surface area is 219 Å². The molecule has 1 aliphatic heterocycles. The van der Waals surface area contributed by atoms with Gasteiger partial charge in [0.2, 0.25) is 0 Å². The number of aliphatic hydroxyl groups is 2. The number of aliphatic hydroxyl groups excluding tert-OH is 1. The van der Waals surface area contributed by atoms with Gasteiger partial charge in [0.25, 0.3) is 0 Å². The molecule has 0 aromatic heterocycles. The van der Waals surface area contributed by atoms with Gasteiger partial charge in [-0.25, -0.2) is 8.78 Å². The van der Waals surface area contributed by atoms with Gasteiger partial charge in [-0.15, -0.1) is 0 Å². The number of piperazine rings is 1. The SMILES string of the molecule is C[C@@](O)(CN1CCN(c2ccc(OCCO)cc2Cl)[C@H](c2ccc(Cl)cc2)C1)c1ccc(F)c(F)c1. The number of β-amino-alcohol motifs (C(OH)–C–C–N with tert-alkyl or cyclic N) is 1. The summed E-state index contributed by atoms with van der Waals surface area (Å²) in [5, 5.41) is 21.3. The van der Waals surface area contributed by atoms with Gasteiger partial charge >= 0.3 is 0 Å². The first-order valence-electron chi connectivity index (χ1n) is 11.6. The third kappa shape index (κ3) is 6.10. The normalized spacial score (nSPS) is 18.2. The Hall–Kier alpha value is -2.42. The highest BCUT2D eigenvalue weighted by molar-refractivity contribution is 6.33. The van der Waals surface area contributed by atoms with Crippen LogP contribution < -0.4 is 9.64 Å². The van der Waals surface area contributed by atoms with Gasteiger partial charge in [-0.1, -0.05) is 41.4 Å². The van der Waals surface area contributed by atoms with Gasteiger partial charge in [0.15, 0.2) is 11.6 Å². The highest BCUT2D eigenvalue weighted by atomic mass is 35.5. The van der Waals surface area contributed by atoms with E-state index in [-0.39, 0.29) is 25.8 Å². The predicted octanol–water partition coefficient (Wildman–Crippen LogP) is 5.41. The van der Waals surface area contributed by atoms with Crippen LogP contribution in [0.4, 0.5) is 14.5 Å². The van der Waals surface area contributed by atoms with Crippen molar-refractivity contribution < 1.29 is 23.7 Å². The smallest absolute Gasteiger partial charge is 0.159 e. The second-order valence-corrected chi connectivity index (χ2v) is 9.93. The molecule has 0 spiro atoms. The van der Waals surface area contributed by atoms with Gasteiger partial charge in [0, 0.05) is 37.3 Å². The van der Waals surface area contributed by atoms with Crippen LogP contribution in [0.5, 0.6) is 5.75 Å². The molecule has 9 heteroatoms. The van der Waals surface area contributed by atoms with Gasteiger partial charge in [-0.05, 0) is 54.4 Å². The molecule has 5 nitrogen and oxygen atoms in total. The average molecular weight is 537 g/mol. The lowest BCUT2D eigenvalue weighted by molar-refractivity contribution is 0.00998. The third-order valence-electron chi connectivity index (χ3n) is 6.38. The Balaban J connectivity index is 1.59. The molecule has 3 aromatic rings. The van der Waals surface area contributed by atoms with Crippen LogP contribution in [0.3, 0.4) is 0 Å². The summed E-state index contributed by atoms with van der Waals surface area (Å²) in [6, 6.07) is 16.4. The van der Waals surface area contributed by atoms with Crippen molar-refractivity contribution >= 4 is 28.9 Å². The molecule has 0 bridgehead atoms. The number of ether oxygens (including phenoxy) is 1. The molecule has 1 saturated heterocycles. The number of nitrogens with zero attached hydrogens (tertiary/aromatic N) is 2. The van der Waals surface area contributed by atoms with Crippen molar-refractivity contribution in [1.82, 2.24) is 4.90 Å². The van der Waals surface area contributed by atoms with Gasteiger partial charge in [0.05, 0.1) is 29.0 Å². The molecule has 0 unspecified atom stereocenters. The van der Waals surface area contributed by atoms with E-state index in [1.165, 1.54) is 6.07 Å². The first-order chi connectivity index (χ1) is 17.2. The largest absolute Gasteiger partial charge is 0.491 e. The highest BCUT2D eigenvalue weighted by Gasteiger charge is 2.34. The first-order valence-corrected chi connectivity index (χ1v) is 12.4. The average Bonchev–Trinajstić information content (AvgIpc) is 2.85. The van der Waals surface area contributed by atoms with Crippen molar-refractivity contribution in [2.75, 3.05) is 44.3 Å². The van der Waals surface area contributed by atoms with E-state index in [0.717, 1.165) is 23.4 Å². The molecule has 0 amide bonds. The van der Waals surface area contributed by atoms with Crippen molar-refractivity contribution in [3.63, 3.8) is 0 Å². The van der Waals surface area contributed by atoms with Crippen molar-refractivity contribution in [2.24, 2.45) is 0 Å². The Morgan fingerprint density at radius 3 is 2.42 bits per heavy atom. The van der Waals surface area contributed by atoms with E-state index in [0.29, 0.717) is 41.0 Å². The topological polar surface area (TPSA) is 56.2 Å². The molecule has 2 atom stereocenters. The molecular formula is C27H28Cl2F2N2O3. The minimum Gasteiger partial charge on any atom is -0.491 e. The molecular weight excluding hydrogens is 509 g/mol. The number of benzene rings is 3. The van der Waals surface area contributed by atoms with Gasteiger partial charge in [-0.2, -0.15) is 0 Å². The fraction of sp³-hybridized carbons (Fsp3) is 0.333. The zero-order valence-electron chi connectivity index (χ0n) is 19.8. The van der Waals surface area contributed by atoms with E-state index in [4.69, 9.17) is 33.0 Å². The van der Waals surface area contributed by atoms with Crippen molar-refractivity contribution in [3.8, 4) is 5.75 Å². The van der Waals surface area contributed by atoms with Crippen LogP contribution in [-0.4, -0.2) is 54.5 Å². The van der Waals surface area contributed by atoms with Gasteiger partial charge in [-0.3, -0.25) is 4.90 Å². The molecule has 4 rings (SSSR count). The minimum absolute atomic E-state index is 0.0890. The predicted molar refractivity (Wildman–Crippen MR) is 138 cm³/mol. The van der Waals surface area contributed by atoms with E-state index < -0.39 is 17.2 Å². The maximum Gasteiger partial charge on any atom is 0.159 e. The number of rotatable bonds is 8. The Morgan fingerprint density at radius 1 is 1.00 bits per heavy atom. The second-order valence-electron chi connectivity index (χ2n) is 9.08. The minimum atomic E-state index is -1.38. The summed E-state index contributed by atoms with van der Waals surface area (Å²) < 4.78 is 32.7. The fourth-order valence-corrected chi connectivity index (χ4v) is 4.98. The van der Waals surface area contributed by atoms with Crippen molar-refractivity contribution in [3.05, 3.63) is 93.5 Å². The molecule has 192 valence electrons. The van der Waals surface area contributed by atoms with Crippen LogP contribution in [0.2, 0.25) is 10.0 Å². The molecule has 0 radical (unpaired) electrons. The lowest BCUT2D eigenvalue weighted by Gasteiger charge is -2.45. The molecule has 3 aromatic carbocycles. The van der Waals surface area contributed by atoms with Crippen LogP contribution in [0.1, 0.15) is 24.1 Å². The summed E-state index contributed by atoms with van der Waals surface area (Å²) in [5.41, 5.74) is 0.784. The van der Waals surface area contributed by atoms with Gasteiger partial charge < -0.3 is 19.8 Å². The Morgan fingerprint density at radius 2 is 1.75 bits per heavy atom. The van der Waals surface area contributed by atoms with E-state index in [1.807, 2.05) is 36.4 Å². The van der Waals surface area contributed by atoms with Crippen molar-refractivity contribution in [2.45, 2.75) is 18.6 Å². The molecule has 2 N–H and O–H groups in total. The number of hydrogen-bond acceptors (Lipinski definition) is 5. The Bertz CT molecular complexity index is 1190. The monoisotopic (exact) mass is 536 g/mol. The van der Waals surface area contributed by atoms with Crippen molar-refractivity contribution in [1.29, 1.82) is 0 Å². The van der Waals surface area contributed by atoms with Crippen LogP contribution in [-0.2, 0) is 5.60 Å². The molecule has 36 heavy (non-hydrogen) atoms. The third-order valence-corrected chi connectivity index (χ3v) is 6.94. The lowest BCUT2D eigenvalue weighted by Crippen LogP contribution is -2.52. The van der Waals surface area contributed by atoms with E-state index in [9.17, 15) is 13.9 Å². The Kier molecular flexibility index (Phi) is 8.37. The lowest BCUT2D eigenvalue weighted by atomic mass is 9.93. The number of hydrogen-bond donors (Lipinski definition) is 2. The summed E-state index contributed by atoms with van der Waals surface area (Å²) in [6.07, 6.45) is 0. The highest BCUT2D eigenvalue weighted by Crippen LogP contribution is 2.38. The molecule has 1 heterocycles. The maximum atomic E-state index is 13.8. The van der Waals surface area contributed by atoms with E-state index in [2.05, 4.69) is 9.80 Å². The van der Waals surface area contributed by atoms with Crippen LogP contribution in [0, 0.1) is 11.6 Å². The summed E-state index contributed by atoms with van der Waals surface area (Å²) in [6.45, 7) is 3.71. The van der Waals surface area contributed by atoms with E-state index >= 15 is 0 Å². The fourth-order valence-electron chi connectivity index (χ4n) is 4.57. The number of halogens is 4. The second kappa shape index (κ2) is 11.3. The molecule has 1 aliphatic rings. The van der Waals surface area contributed by atoms with Crippen LogP contribution in [0.25, 0.3) is 0 Å². The number of anilines is 1. The first kappa shape index (κ1) is 26.6. The molecule has 1 fully saturated rings. The summed E-state index contributed by atoms with van der Waals surface area (Å²) in [7, 11) is 0. The summed E-state index contributed by atoms with van der Waals surface area (Å²) in [5.74, 6) is -1.37. The van der Waals surface area contributed by atoms with Gasteiger partial charge in [0.1, 0.15) is 12.4 Å². The van der Waals surface area contributed by atoms with Crippen LogP contribution in [0.15, 0.2) is 60.7 Å². The zero-order chi connectivity index (χ0) is 25.9. The zero-order valence-corrected chi connectivity index (χ0v) is 21.3. The quantitative estimate of drug-likeness (QED) is 0.403. The van der Waals surface area contributed by atoms with E-state index in [1.54, 1.807) is 13.0 Å². The standard InChI is InChI=1S/C27H28Cl2F2N2O3/c1-27(35,19-4-8-23(30)24(31)14-19)17-32-10-11-33(26(16-32)18-2-5-20(28)6-3-18)25-9-7-21(15-22(25)29)36-13-12-34/h2-9,14-15,26,34-35H,10-13,16-17H2,1H3/t26-,27+/m0/s1. The summed E-state index contributed by atoms with van der Waals surface area (Å²) >= 11 is 12.8. The molecule has 0 saturated carbocycles.